The molecule has 0 N–H and O–H groups in total. The number of nitrogens with zero attached hydrogens (tertiary/aromatic N) is 3. The zero-order chi connectivity index (χ0) is 13.8. The molecule has 108 valence electrons. The molecule has 0 radical (unpaired) electrons. The van der Waals surface area contributed by atoms with Crippen molar-refractivity contribution < 1.29 is 4.74 Å². The van der Waals surface area contributed by atoms with E-state index in [1.165, 1.54) is 12.8 Å². The highest BCUT2D eigenvalue weighted by molar-refractivity contribution is 9.08. The summed E-state index contributed by atoms with van der Waals surface area (Å²) in [6.45, 7) is 8.36. The van der Waals surface area contributed by atoms with Crippen LogP contribution in [0.2, 0.25) is 0 Å². The Hall–Kier alpha value is -0.420. The van der Waals surface area contributed by atoms with Crippen LogP contribution in [0, 0.1) is 11.8 Å². The van der Waals surface area contributed by atoms with Gasteiger partial charge in [0.15, 0.2) is 0 Å². The summed E-state index contributed by atoms with van der Waals surface area (Å²) in [5, 5.41) is 9.44. The van der Waals surface area contributed by atoms with E-state index in [1.54, 1.807) is 0 Å². The van der Waals surface area contributed by atoms with Gasteiger partial charge in [-0.25, -0.2) is 0 Å². The molecule has 0 aliphatic heterocycles. The van der Waals surface area contributed by atoms with Gasteiger partial charge >= 0.3 is 0 Å². The predicted molar refractivity (Wildman–Crippen MR) is 79.3 cm³/mol. The van der Waals surface area contributed by atoms with Gasteiger partial charge in [-0.1, -0.05) is 29.8 Å². The fourth-order valence-corrected chi connectivity index (χ4v) is 3.08. The summed E-state index contributed by atoms with van der Waals surface area (Å²) in [5.41, 5.74) is 0. The van der Waals surface area contributed by atoms with Gasteiger partial charge in [-0.15, -0.1) is 10.2 Å². The van der Waals surface area contributed by atoms with Gasteiger partial charge < -0.3 is 9.30 Å². The molecule has 1 aliphatic carbocycles. The molecule has 5 heteroatoms. The van der Waals surface area contributed by atoms with E-state index in [0.29, 0.717) is 12.0 Å². The first kappa shape index (κ1) is 15.0. The second-order valence-electron chi connectivity index (χ2n) is 5.79. The van der Waals surface area contributed by atoms with Crippen molar-refractivity contribution in [1.82, 2.24) is 14.8 Å². The first-order valence-electron chi connectivity index (χ1n) is 7.22. The van der Waals surface area contributed by atoms with E-state index in [9.17, 15) is 0 Å². The van der Waals surface area contributed by atoms with Crippen LogP contribution >= 0.6 is 15.9 Å². The van der Waals surface area contributed by atoms with Gasteiger partial charge in [-0.3, -0.25) is 0 Å². The Kier molecular flexibility index (Phi) is 5.39. The topological polar surface area (TPSA) is 39.9 Å². The summed E-state index contributed by atoms with van der Waals surface area (Å²) in [6.07, 6.45) is 3.86. The molecule has 1 aromatic rings. The summed E-state index contributed by atoms with van der Waals surface area (Å²) in [6, 6.07) is 0. The minimum Gasteiger partial charge on any atom is -0.378 e. The van der Waals surface area contributed by atoms with Crippen LogP contribution in [0.5, 0.6) is 0 Å². The van der Waals surface area contributed by atoms with E-state index in [4.69, 9.17) is 4.74 Å². The number of alkyl halides is 1. The Labute approximate surface area is 124 Å². The summed E-state index contributed by atoms with van der Waals surface area (Å²) in [5.74, 6) is 3.52. The van der Waals surface area contributed by atoms with E-state index in [2.05, 4.69) is 51.5 Å². The van der Waals surface area contributed by atoms with Gasteiger partial charge in [0, 0.05) is 19.6 Å². The second kappa shape index (κ2) is 6.84. The Morgan fingerprint density at radius 2 is 2.00 bits per heavy atom. The highest BCUT2D eigenvalue weighted by atomic mass is 79.9. The summed E-state index contributed by atoms with van der Waals surface area (Å²) < 4.78 is 7.90. The molecule has 0 spiro atoms. The van der Waals surface area contributed by atoms with Gasteiger partial charge in [0.2, 0.25) is 0 Å². The van der Waals surface area contributed by atoms with Gasteiger partial charge in [-0.2, -0.15) is 0 Å². The lowest BCUT2D eigenvalue weighted by Crippen LogP contribution is -2.33. The third-order valence-electron chi connectivity index (χ3n) is 3.64. The molecule has 0 amide bonds. The average Bonchev–Trinajstić information content (AvgIpc) is 2.68. The van der Waals surface area contributed by atoms with Crippen molar-refractivity contribution in [3.63, 3.8) is 0 Å². The maximum atomic E-state index is 5.62. The molecule has 1 heterocycles. The Bertz CT molecular complexity index is 399. The summed E-state index contributed by atoms with van der Waals surface area (Å²) >= 11 is 3.50. The monoisotopic (exact) mass is 329 g/mol. The van der Waals surface area contributed by atoms with E-state index in [-0.39, 0.29) is 0 Å². The minimum atomic E-state index is 0.479. The fourth-order valence-electron chi connectivity index (χ4n) is 2.67. The lowest BCUT2D eigenvalue weighted by Gasteiger charge is -2.34. The van der Waals surface area contributed by atoms with Crippen molar-refractivity contribution in [2.75, 3.05) is 6.61 Å². The van der Waals surface area contributed by atoms with Gasteiger partial charge in [-0.05, 0) is 31.6 Å². The molecule has 0 atom stereocenters. The lowest BCUT2D eigenvalue weighted by atomic mass is 9.80. The van der Waals surface area contributed by atoms with Crippen molar-refractivity contribution in [2.45, 2.75) is 58.0 Å². The molecule has 19 heavy (non-hydrogen) atoms. The third-order valence-corrected chi connectivity index (χ3v) is 4.14. The number of hydrogen-bond acceptors (Lipinski definition) is 3. The molecule has 0 aromatic carbocycles. The first-order chi connectivity index (χ1) is 9.13. The minimum absolute atomic E-state index is 0.479. The third kappa shape index (κ3) is 3.78. The van der Waals surface area contributed by atoms with Crippen LogP contribution in [0.3, 0.4) is 0 Å². The van der Waals surface area contributed by atoms with Gasteiger partial charge in [0.1, 0.15) is 11.6 Å². The molecular formula is C14H24BrN3O. The van der Waals surface area contributed by atoms with Crippen LogP contribution in [0.1, 0.15) is 45.3 Å². The van der Waals surface area contributed by atoms with Gasteiger partial charge in [0.05, 0.1) is 11.4 Å². The van der Waals surface area contributed by atoms with Crippen LogP contribution in [-0.4, -0.2) is 27.5 Å². The molecular weight excluding hydrogens is 306 g/mol. The van der Waals surface area contributed by atoms with Crippen LogP contribution < -0.4 is 0 Å². The highest BCUT2D eigenvalue weighted by Crippen LogP contribution is 2.32. The zero-order valence-electron chi connectivity index (χ0n) is 12.1. The number of halogens is 1. The largest absolute Gasteiger partial charge is 0.378 e. The van der Waals surface area contributed by atoms with Crippen molar-refractivity contribution in [1.29, 1.82) is 0 Å². The summed E-state index contributed by atoms with van der Waals surface area (Å²) in [4.78, 5) is 0. The Morgan fingerprint density at radius 1 is 1.32 bits per heavy atom. The zero-order valence-corrected chi connectivity index (χ0v) is 13.7. The molecule has 1 fully saturated rings. The number of aromatic nitrogens is 3. The van der Waals surface area contributed by atoms with Crippen LogP contribution in [0.4, 0.5) is 0 Å². The fraction of sp³-hybridized carbons (Fsp3) is 0.857. The molecule has 1 saturated carbocycles. The average molecular weight is 330 g/mol. The van der Waals surface area contributed by atoms with Crippen LogP contribution in [-0.2, 0) is 23.0 Å². The number of rotatable bonds is 7. The highest BCUT2D eigenvalue weighted by Gasteiger charge is 2.31. The molecule has 0 unspecified atom stereocenters. The SMILES string of the molecule is CCOC1CC(Cc2nnc(CBr)n2CC(C)C)C1. The van der Waals surface area contributed by atoms with E-state index in [0.717, 1.165) is 42.5 Å². The number of ether oxygens (including phenoxy) is 1. The van der Waals surface area contributed by atoms with Crippen molar-refractivity contribution in [3.8, 4) is 0 Å². The van der Waals surface area contributed by atoms with Crippen LogP contribution in [0.15, 0.2) is 0 Å². The molecule has 2 rings (SSSR count). The second-order valence-corrected chi connectivity index (χ2v) is 6.35. The van der Waals surface area contributed by atoms with E-state index in [1.807, 2.05) is 0 Å². The predicted octanol–water partition coefficient (Wildman–Crippen LogP) is 3.19. The van der Waals surface area contributed by atoms with Crippen molar-refractivity contribution in [3.05, 3.63) is 11.6 Å². The molecule has 0 saturated heterocycles. The van der Waals surface area contributed by atoms with Crippen molar-refractivity contribution in [2.24, 2.45) is 11.8 Å². The molecule has 1 aromatic heterocycles. The maximum Gasteiger partial charge on any atom is 0.143 e. The van der Waals surface area contributed by atoms with Gasteiger partial charge in [0.25, 0.3) is 0 Å². The molecule has 4 nitrogen and oxygen atoms in total. The van der Waals surface area contributed by atoms with Crippen LogP contribution in [0.25, 0.3) is 0 Å². The summed E-state index contributed by atoms with van der Waals surface area (Å²) in [7, 11) is 0. The standard InChI is InChI=1S/C14H24BrN3O/c1-4-19-12-5-11(6-12)7-13-16-17-14(8-15)18(13)9-10(2)3/h10-12H,4-9H2,1-3H3. The molecule has 0 bridgehead atoms. The van der Waals surface area contributed by atoms with Crippen molar-refractivity contribution >= 4 is 15.9 Å². The van der Waals surface area contributed by atoms with E-state index < -0.39 is 0 Å². The first-order valence-corrected chi connectivity index (χ1v) is 8.34. The van der Waals surface area contributed by atoms with E-state index >= 15 is 0 Å². The molecule has 1 aliphatic rings. The normalized spacial score (nSPS) is 22.8. The number of hydrogen-bond donors (Lipinski definition) is 0. The Morgan fingerprint density at radius 3 is 2.58 bits per heavy atom. The smallest absolute Gasteiger partial charge is 0.143 e. The lowest BCUT2D eigenvalue weighted by molar-refractivity contribution is -0.0247. The maximum absolute atomic E-state index is 5.62. The quantitative estimate of drug-likeness (QED) is 0.721. The Balaban J connectivity index is 1.95.